The Morgan fingerprint density at radius 2 is 1.88 bits per heavy atom. The molecular weight excluding hydrogens is 448 g/mol. The summed E-state index contributed by atoms with van der Waals surface area (Å²) in [5.41, 5.74) is 0. The van der Waals surface area contributed by atoms with Crippen LogP contribution in [0.25, 0.3) is 10.8 Å². The van der Waals surface area contributed by atoms with Crippen LogP contribution in [-0.2, 0) is 14.8 Å². The van der Waals surface area contributed by atoms with Crippen LogP contribution in [0, 0.1) is 13.3 Å². The lowest BCUT2D eigenvalue weighted by Gasteiger charge is -2.33. The zero-order chi connectivity index (χ0) is 23.0. The largest absolute Gasteiger partial charge is 0.480 e. The van der Waals surface area contributed by atoms with E-state index in [1.165, 1.54) is 6.42 Å². The minimum atomic E-state index is -3.67. The van der Waals surface area contributed by atoms with Crippen LogP contribution in [0.4, 0.5) is 0 Å². The fourth-order valence-corrected chi connectivity index (χ4v) is 7.76. The SMILES string of the molecule is CC(=O)C(Oc1cc(S(=O)(=O)N2CCCC3CCCC2C3)cc2ccccc12)C1CCCN1.[CH2]. The number of nitrogens with one attached hydrogen (secondary N) is 1. The summed E-state index contributed by atoms with van der Waals surface area (Å²) in [5.74, 6) is 1.07. The average Bonchev–Trinajstić information content (AvgIpc) is 3.29. The van der Waals surface area contributed by atoms with E-state index in [0.29, 0.717) is 18.2 Å². The smallest absolute Gasteiger partial charge is 0.243 e. The lowest BCUT2D eigenvalue weighted by molar-refractivity contribution is -0.124. The van der Waals surface area contributed by atoms with Crippen LogP contribution in [0.1, 0.15) is 58.3 Å². The Bertz CT molecular complexity index is 1130. The molecule has 2 bridgehead atoms. The minimum Gasteiger partial charge on any atom is -0.480 e. The van der Waals surface area contributed by atoms with Crippen molar-refractivity contribution in [3.63, 3.8) is 0 Å². The Hall–Kier alpha value is -1.96. The Balaban J connectivity index is 0.00000274. The molecule has 5 rings (SSSR count). The van der Waals surface area contributed by atoms with Crippen molar-refractivity contribution in [2.45, 2.75) is 81.4 Å². The number of nitrogens with zero attached hydrogens (tertiary/aromatic N) is 1. The molecule has 2 radical (unpaired) electrons. The lowest BCUT2D eigenvalue weighted by atomic mass is 9.84. The van der Waals surface area contributed by atoms with E-state index in [9.17, 15) is 13.2 Å². The Morgan fingerprint density at radius 3 is 2.65 bits per heavy atom. The van der Waals surface area contributed by atoms with Gasteiger partial charge in [0.15, 0.2) is 11.9 Å². The maximum Gasteiger partial charge on any atom is 0.243 e. The van der Waals surface area contributed by atoms with Gasteiger partial charge in [0.1, 0.15) is 5.75 Å². The van der Waals surface area contributed by atoms with Crippen LogP contribution in [-0.4, -0.2) is 49.8 Å². The number of carbonyl (C=O) groups is 1. The summed E-state index contributed by atoms with van der Waals surface area (Å²) in [4.78, 5) is 12.7. The minimum absolute atomic E-state index is 0. The molecule has 3 aliphatic rings. The maximum atomic E-state index is 13.9. The van der Waals surface area contributed by atoms with Crippen LogP contribution < -0.4 is 10.1 Å². The van der Waals surface area contributed by atoms with Crippen molar-refractivity contribution in [2.24, 2.45) is 5.92 Å². The van der Waals surface area contributed by atoms with Gasteiger partial charge < -0.3 is 10.1 Å². The standard InChI is InChI=1S/C26H34N2O4S.CH2/c1-18(29)26(24-12-5-13-27-24)32-25-17-22(16-20-9-2-3-11-23(20)25)33(30,31)28-14-6-8-19-7-4-10-21(28)15-19;/h2-3,9,11,16-17,19,21,24,26-27H,4-8,10,12-15H2,1H3;1H2. The highest BCUT2D eigenvalue weighted by atomic mass is 32.2. The number of fused-ring (bicyclic) bond motifs is 3. The van der Waals surface area contributed by atoms with Crippen molar-refractivity contribution >= 4 is 26.6 Å². The van der Waals surface area contributed by atoms with Gasteiger partial charge in [-0.2, -0.15) is 4.31 Å². The number of rotatable bonds is 6. The summed E-state index contributed by atoms with van der Waals surface area (Å²) in [6.07, 6.45) is 7.50. The van der Waals surface area contributed by atoms with E-state index >= 15 is 0 Å². The number of hydrogen-bond acceptors (Lipinski definition) is 5. The Kier molecular flexibility index (Phi) is 7.65. The van der Waals surface area contributed by atoms with Gasteiger partial charge in [-0.1, -0.05) is 44.5 Å². The number of ketones is 1. The van der Waals surface area contributed by atoms with Gasteiger partial charge in [0.2, 0.25) is 10.0 Å². The molecule has 34 heavy (non-hydrogen) atoms. The maximum absolute atomic E-state index is 13.9. The molecule has 1 aliphatic carbocycles. The van der Waals surface area contributed by atoms with Crippen molar-refractivity contribution in [3.05, 3.63) is 43.8 Å². The molecule has 0 spiro atoms. The molecule has 2 heterocycles. The van der Waals surface area contributed by atoms with Crippen molar-refractivity contribution in [2.75, 3.05) is 13.1 Å². The summed E-state index contributed by atoms with van der Waals surface area (Å²) >= 11 is 0. The fourth-order valence-electron chi connectivity index (χ4n) is 6.01. The van der Waals surface area contributed by atoms with Gasteiger partial charge in [0, 0.05) is 24.0 Å². The number of sulfonamides is 1. The first-order valence-corrected chi connectivity index (χ1v) is 13.8. The van der Waals surface area contributed by atoms with Crippen molar-refractivity contribution < 1.29 is 17.9 Å². The molecular formula is C27H36N2O4S. The van der Waals surface area contributed by atoms with Gasteiger partial charge in [-0.25, -0.2) is 8.42 Å². The van der Waals surface area contributed by atoms with Crippen LogP contribution >= 0.6 is 0 Å². The molecule has 2 aliphatic heterocycles. The molecule has 7 heteroatoms. The van der Waals surface area contributed by atoms with Crippen LogP contribution in [0.3, 0.4) is 0 Å². The fraction of sp³-hybridized carbons (Fsp3) is 0.556. The first-order valence-electron chi connectivity index (χ1n) is 12.4. The van der Waals surface area contributed by atoms with Crippen LogP contribution in [0.2, 0.25) is 0 Å². The second-order valence-electron chi connectivity index (χ2n) is 9.94. The van der Waals surface area contributed by atoms with E-state index < -0.39 is 16.1 Å². The predicted octanol–water partition coefficient (Wildman–Crippen LogP) is 4.60. The molecule has 2 saturated heterocycles. The first-order chi connectivity index (χ1) is 15.9. The molecule has 2 aromatic carbocycles. The zero-order valence-electron chi connectivity index (χ0n) is 20.0. The first kappa shape index (κ1) is 25.1. The summed E-state index contributed by atoms with van der Waals surface area (Å²) in [7, 11) is -3.67. The topological polar surface area (TPSA) is 75.7 Å². The van der Waals surface area contributed by atoms with Crippen molar-refractivity contribution in [3.8, 4) is 5.75 Å². The van der Waals surface area contributed by atoms with Crippen LogP contribution in [0.15, 0.2) is 41.3 Å². The van der Waals surface area contributed by atoms with E-state index in [0.717, 1.165) is 62.3 Å². The van der Waals surface area contributed by atoms with Crippen LogP contribution in [0.5, 0.6) is 5.75 Å². The van der Waals surface area contributed by atoms with Gasteiger partial charge in [0.05, 0.1) is 10.9 Å². The van der Waals surface area contributed by atoms with Crippen molar-refractivity contribution in [1.82, 2.24) is 9.62 Å². The third-order valence-corrected chi connectivity index (χ3v) is 9.61. The molecule has 184 valence electrons. The summed E-state index contributed by atoms with van der Waals surface area (Å²) in [6.45, 7) is 2.99. The molecule has 0 amide bonds. The highest BCUT2D eigenvalue weighted by Crippen LogP contribution is 2.38. The zero-order valence-corrected chi connectivity index (χ0v) is 20.9. The Labute approximate surface area is 204 Å². The van der Waals surface area contributed by atoms with Gasteiger partial charge >= 0.3 is 0 Å². The highest BCUT2D eigenvalue weighted by Gasteiger charge is 2.37. The van der Waals surface area contributed by atoms with E-state index in [2.05, 4.69) is 5.32 Å². The Morgan fingerprint density at radius 1 is 1.09 bits per heavy atom. The quantitative estimate of drug-likeness (QED) is 0.649. The monoisotopic (exact) mass is 484 g/mol. The van der Waals surface area contributed by atoms with E-state index in [1.807, 2.05) is 24.3 Å². The third-order valence-electron chi connectivity index (χ3n) is 7.68. The second kappa shape index (κ2) is 10.3. The van der Waals surface area contributed by atoms with E-state index in [1.54, 1.807) is 23.4 Å². The van der Waals surface area contributed by atoms with Gasteiger partial charge in [0.25, 0.3) is 0 Å². The highest BCUT2D eigenvalue weighted by molar-refractivity contribution is 7.89. The van der Waals surface area contributed by atoms with E-state index in [4.69, 9.17) is 4.74 Å². The van der Waals surface area contributed by atoms with E-state index in [-0.39, 0.29) is 30.2 Å². The second-order valence-corrected chi connectivity index (χ2v) is 11.8. The summed E-state index contributed by atoms with van der Waals surface area (Å²) in [6, 6.07) is 11.1. The lowest BCUT2D eigenvalue weighted by Crippen LogP contribution is -2.43. The summed E-state index contributed by atoms with van der Waals surface area (Å²) in [5, 5.41) is 5.00. The number of ether oxygens (including phenoxy) is 1. The molecule has 0 aromatic heterocycles. The summed E-state index contributed by atoms with van der Waals surface area (Å²) < 4.78 is 35.9. The third kappa shape index (κ3) is 4.88. The molecule has 1 N–H and O–H groups in total. The normalized spacial score (nSPS) is 26.4. The molecule has 2 aromatic rings. The molecule has 3 fully saturated rings. The molecule has 4 atom stereocenters. The predicted molar refractivity (Wildman–Crippen MR) is 134 cm³/mol. The van der Waals surface area contributed by atoms with Gasteiger partial charge in [-0.05, 0) is 69.4 Å². The van der Waals surface area contributed by atoms with Gasteiger partial charge in [-0.15, -0.1) is 0 Å². The molecule has 4 unspecified atom stereocenters. The van der Waals surface area contributed by atoms with Crippen molar-refractivity contribution in [1.29, 1.82) is 0 Å². The molecule has 6 nitrogen and oxygen atoms in total. The number of Topliss-reactive ketones (excluding diaryl/α,β-unsaturated/α-hetero) is 1. The van der Waals surface area contributed by atoms with Gasteiger partial charge in [-0.3, -0.25) is 4.79 Å². The molecule has 1 saturated carbocycles. The number of carbonyl (C=O) groups excluding carboxylic acids is 1. The average molecular weight is 485 g/mol. The number of benzene rings is 2. The number of hydrogen-bond donors (Lipinski definition) is 1.